The van der Waals surface area contributed by atoms with E-state index >= 15 is 0 Å². The summed E-state index contributed by atoms with van der Waals surface area (Å²) in [6.45, 7) is 3.48. The van der Waals surface area contributed by atoms with Crippen LogP contribution < -0.4 is 10.9 Å². The molecule has 1 aliphatic carbocycles. The van der Waals surface area contributed by atoms with Crippen molar-refractivity contribution in [1.82, 2.24) is 14.5 Å². The van der Waals surface area contributed by atoms with Gasteiger partial charge in [0.15, 0.2) is 0 Å². The monoisotopic (exact) mass is 420 g/mol. The molecule has 2 aromatic heterocycles. The van der Waals surface area contributed by atoms with E-state index in [4.69, 9.17) is 0 Å². The van der Waals surface area contributed by atoms with E-state index in [0.717, 1.165) is 4.57 Å². The van der Waals surface area contributed by atoms with Crippen molar-refractivity contribution in [3.05, 3.63) is 63.3 Å². The minimum atomic E-state index is -2.66. The number of aromatic nitrogens is 3. The van der Waals surface area contributed by atoms with E-state index < -0.39 is 23.9 Å². The number of anilines is 1. The van der Waals surface area contributed by atoms with Crippen LogP contribution in [0, 0.1) is 13.8 Å². The Hall–Kier alpha value is -2.97. The summed E-state index contributed by atoms with van der Waals surface area (Å²) in [5.74, 6) is 0.758. The fourth-order valence-corrected chi connectivity index (χ4v) is 3.70. The summed E-state index contributed by atoms with van der Waals surface area (Å²) in [7, 11) is 0. The van der Waals surface area contributed by atoms with Crippen molar-refractivity contribution in [2.75, 3.05) is 5.32 Å². The maximum absolute atomic E-state index is 13.6. The lowest BCUT2D eigenvalue weighted by Crippen LogP contribution is -2.35. The van der Waals surface area contributed by atoms with E-state index in [9.17, 15) is 22.4 Å². The molecule has 0 radical (unpaired) electrons. The number of alkyl halides is 4. The zero-order chi connectivity index (χ0) is 21.6. The summed E-state index contributed by atoms with van der Waals surface area (Å²) in [6.07, 6.45) is -3.40. The highest BCUT2D eigenvalue weighted by Gasteiger charge is 2.53. The molecular weight excluding hydrogens is 400 g/mol. The molecule has 0 unspecified atom stereocenters. The highest BCUT2D eigenvalue weighted by Crippen LogP contribution is 2.48. The quantitative estimate of drug-likeness (QED) is 0.587. The molecule has 5 nitrogen and oxygen atoms in total. The molecule has 2 heterocycles. The number of nitrogens with one attached hydrogen (secondary N) is 1. The van der Waals surface area contributed by atoms with Crippen molar-refractivity contribution in [1.29, 1.82) is 0 Å². The van der Waals surface area contributed by atoms with Crippen molar-refractivity contribution in [2.45, 2.75) is 51.6 Å². The molecule has 0 atom stereocenters. The van der Waals surface area contributed by atoms with Crippen LogP contribution >= 0.6 is 0 Å². The zero-order valence-electron chi connectivity index (χ0n) is 16.4. The number of benzene rings is 1. The number of fused-ring (bicyclic) bond motifs is 1. The van der Waals surface area contributed by atoms with Gasteiger partial charge in [-0.15, -0.1) is 0 Å². The maximum atomic E-state index is 13.6. The van der Waals surface area contributed by atoms with Gasteiger partial charge in [0.05, 0.1) is 10.9 Å². The first kappa shape index (κ1) is 20.3. The number of rotatable bonds is 6. The second-order valence-corrected chi connectivity index (χ2v) is 7.59. The van der Waals surface area contributed by atoms with E-state index in [1.54, 1.807) is 26.0 Å². The number of aryl methyl sites for hydroxylation is 1. The number of nitrogens with zero attached hydrogens (tertiary/aromatic N) is 3. The molecule has 0 aliphatic heterocycles. The predicted molar refractivity (Wildman–Crippen MR) is 105 cm³/mol. The van der Waals surface area contributed by atoms with Crippen LogP contribution in [-0.4, -0.2) is 21.0 Å². The molecule has 4 rings (SSSR count). The van der Waals surface area contributed by atoms with E-state index in [0.29, 0.717) is 33.7 Å². The first-order chi connectivity index (χ1) is 14.2. The molecule has 30 heavy (non-hydrogen) atoms. The summed E-state index contributed by atoms with van der Waals surface area (Å²) < 4.78 is 54.5. The van der Waals surface area contributed by atoms with Crippen LogP contribution in [0.3, 0.4) is 0 Å². The summed E-state index contributed by atoms with van der Waals surface area (Å²) in [6, 6.07) is 5.91. The number of hydrogen-bond donors (Lipinski definition) is 1. The molecule has 1 aliphatic rings. The Labute approximate surface area is 169 Å². The SMILES string of the molecule is Cc1nc(NCc2cccc(C(F)F)c2C)c2cn(C3(C(F)F)CC3)c(=O)cc2n1. The van der Waals surface area contributed by atoms with Gasteiger partial charge in [0.25, 0.3) is 18.4 Å². The van der Waals surface area contributed by atoms with Crippen LogP contribution in [0.25, 0.3) is 10.9 Å². The third kappa shape index (κ3) is 3.42. The Morgan fingerprint density at radius 3 is 2.53 bits per heavy atom. The predicted octanol–water partition coefficient (Wildman–Crippen LogP) is 4.71. The fraction of sp³-hybridized carbons (Fsp3) is 0.381. The summed E-state index contributed by atoms with van der Waals surface area (Å²) >= 11 is 0. The third-order valence-electron chi connectivity index (χ3n) is 5.66. The summed E-state index contributed by atoms with van der Waals surface area (Å²) in [5, 5.41) is 3.53. The Kier molecular flexibility index (Phi) is 4.99. The average molecular weight is 420 g/mol. The molecule has 158 valence electrons. The van der Waals surface area contributed by atoms with Crippen LogP contribution in [0.1, 0.15) is 41.8 Å². The lowest BCUT2D eigenvalue weighted by molar-refractivity contribution is 0.0654. The second kappa shape index (κ2) is 7.37. The molecule has 3 aromatic rings. The summed E-state index contributed by atoms with van der Waals surface area (Å²) in [4.78, 5) is 21.0. The maximum Gasteiger partial charge on any atom is 0.264 e. The highest BCUT2D eigenvalue weighted by atomic mass is 19.3. The van der Waals surface area contributed by atoms with Gasteiger partial charge in [-0.05, 0) is 37.8 Å². The molecule has 0 spiro atoms. The molecule has 9 heteroatoms. The summed E-state index contributed by atoms with van der Waals surface area (Å²) in [5.41, 5.74) is -0.577. The van der Waals surface area contributed by atoms with Crippen molar-refractivity contribution < 1.29 is 17.6 Å². The Bertz CT molecular complexity index is 1170. The second-order valence-electron chi connectivity index (χ2n) is 7.59. The zero-order valence-corrected chi connectivity index (χ0v) is 16.4. The highest BCUT2D eigenvalue weighted by molar-refractivity contribution is 5.88. The van der Waals surface area contributed by atoms with Gasteiger partial charge < -0.3 is 9.88 Å². The lowest BCUT2D eigenvalue weighted by Gasteiger charge is -2.19. The lowest BCUT2D eigenvalue weighted by atomic mass is 10.0. The Morgan fingerprint density at radius 1 is 1.17 bits per heavy atom. The normalized spacial score (nSPS) is 15.2. The van der Waals surface area contributed by atoms with Crippen LogP contribution in [0.5, 0.6) is 0 Å². The van der Waals surface area contributed by atoms with Crippen LogP contribution in [-0.2, 0) is 12.1 Å². The van der Waals surface area contributed by atoms with Crippen LogP contribution in [0.2, 0.25) is 0 Å². The average Bonchev–Trinajstić information content (AvgIpc) is 3.48. The fourth-order valence-electron chi connectivity index (χ4n) is 3.70. The molecule has 1 aromatic carbocycles. The molecule has 1 fully saturated rings. The Balaban J connectivity index is 1.74. The standard InChI is InChI=1S/C21H20F4N4O/c1-11-13(4-3-5-14(11)18(22)23)9-26-19-15-10-29(21(6-7-21)20(24)25)17(30)8-16(15)27-12(2)28-19/h3-5,8,10,18,20H,6-7,9H2,1-2H3,(H,26,27,28). The molecule has 1 N–H and O–H groups in total. The van der Waals surface area contributed by atoms with Gasteiger partial charge in [-0.25, -0.2) is 27.5 Å². The van der Waals surface area contributed by atoms with Gasteiger partial charge in [-0.2, -0.15) is 0 Å². The van der Waals surface area contributed by atoms with E-state index in [-0.39, 0.29) is 24.9 Å². The van der Waals surface area contributed by atoms with E-state index in [1.165, 1.54) is 18.3 Å². The molecule has 1 saturated carbocycles. The van der Waals surface area contributed by atoms with Crippen molar-refractivity contribution in [3.63, 3.8) is 0 Å². The van der Waals surface area contributed by atoms with Gasteiger partial charge in [-0.1, -0.05) is 18.2 Å². The minimum absolute atomic E-state index is 0.0422. The van der Waals surface area contributed by atoms with Crippen molar-refractivity contribution in [3.8, 4) is 0 Å². The third-order valence-corrected chi connectivity index (χ3v) is 5.66. The van der Waals surface area contributed by atoms with E-state index in [2.05, 4.69) is 15.3 Å². The minimum Gasteiger partial charge on any atom is -0.365 e. The first-order valence-electron chi connectivity index (χ1n) is 9.53. The van der Waals surface area contributed by atoms with Crippen LogP contribution in [0.15, 0.2) is 35.3 Å². The van der Waals surface area contributed by atoms with Crippen molar-refractivity contribution >= 4 is 16.7 Å². The smallest absolute Gasteiger partial charge is 0.264 e. The Morgan fingerprint density at radius 2 is 1.90 bits per heavy atom. The van der Waals surface area contributed by atoms with Crippen LogP contribution in [0.4, 0.5) is 23.4 Å². The first-order valence-corrected chi connectivity index (χ1v) is 9.53. The molecule has 0 amide bonds. The van der Waals surface area contributed by atoms with Gasteiger partial charge in [0.1, 0.15) is 17.2 Å². The van der Waals surface area contributed by atoms with Gasteiger partial charge in [0, 0.05) is 24.4 Å². The van der Waals surface area contributed by atoms with Crippen molar-refractivity contribution in [2.24, 2.45) is 0 Å². The molecule has 0 bridgehead atoms. The molecule has 0 saturated heterocycles. The van der Waals surface area contributed by atoms with E-state index in [1.807, 2.05) is 0 Å². The largest absolute Gasteiger partial charge is 0.365 e. The number of pyridine rings is 1. The number of halogens is 4. The van der Waals surface area contributed by atoms with Gasteiger partial charge >= 0.3 is 0 Å². The number of hydrogen-bond acceptors (Lipinski definition) is 4. The topological polar surface area (TPSA) is 59.8 Å². The van der Waals surface area contributed by atoms with Gasteiger partial charge in [0.2, 0.25) is 0 Å². The molecular formula is C21H20F4N4O. The van der Waals surface area contributed by atoms with Gasteiger partial charge in [-0.3, -0.25) is 4.79 Å².